The van der Waals surface area contributed by atoms with E-state index in [2.05, 4.69) is 15.5 Å². The van der Waals surface area contributed by atoms with Crippen molar-refractivity contribution in [2.24, 2.45) is 5.92 Å². The van der Waals surface area contributed by atoms with Crippen LogP contribution in [0.4, 0.5) is 0 Å². The van der Waals surface area contributed by atoms with E-state index in [9.17, 15) is 0 Å². The first-order valence-corrected chi connectivity index (χ1v) is 6.99. The van der Waals surface area contributed by atoms with E-state index in [0.29, 0.717) is 16.7 Å². The minimum absolute atomic E-state index is 0. The highest BCUT2D eigenvalue weighted by atomic mass is 35.5. The lowest BCUT2D eigenvalue weighted by atomic mass is 10.0. The van der Waals surface area contributed by atoms with Crippen molar-refractivity contribution in [3.05, 3.63) is 35.2 Å². The van der Waals surface area contributed by atoms with E-state index in [1.54, 1.807) is 0 Å². The second-order valence-corrected chi connectivity index (χ2v) is 5.30. The predicted molar refractivity (Wildman–Crippen MR) is 81.3 cm³/mol. The molecule has 0 amide bonds. The van der Waals surface area contributed by atoms with Gasteiger partial charge in [0.05, 0.1) is 5.02 Å². The fourth-order valence-electron chi connectivity index (χ4n) is 2.40. The molecule has 0 aliphatic carbocycles. The summed E-state index contributed by atoms with van der Waals surface area (Å²) in [6, 6.07) is 7.54. The summed E-state index contributed by atoms with van der Waals surface area (Å²) in [5, 5.41) is 8.02. The summed E-state index contributed by atoms with van der Waals surface area (Å²) in [5.41, 5.74) is 0.821. The maximum atomic E-state index is 6.12. The van der Waals surface area contributed by atoms with Crippen molar-refractivity contribution in [2.45, 2.75) is 19.3 Å². The van der Waals surface area contributed by atoms with Gasteiger partial charge >= 0.3 is 0 Å². The predicted octanol–water partition coefficient (Wildman–Crippen LogP) is 3.35. The van der Waals surface area contributed by atoms with Crippen LogP contribution in [0.25, 0.3) is 11.4 Å². The fraction of sp³-hybridized carbons (Fsp3) is 0.429. The second-order valence-electron chi connectivity index (χ2n) is 4.89. The summed E-state index contributed by atoms with van der Waals surface area (Å²) in [7, 11) is 0. The van der Waals surface area contributed by atoms with Gasteiger partial charge in [0.25, 0.3) is 0 Å². The van der Waals surface area contributed by atoms with Gasteiger partial charge in [-0.25, -0.2) is 0 Å². The molecule has 0 spiro atoms. The third-order valence-electron chi connectivity index (χ3n) is 3.51. The molecule has 1 aliphatic rings. The quantitative estimate of drug-likeness (QED) is 0.940. The Morgan fingerprint density at radius 3 is 2.95 bits per heavy atom. The van der Waals surface area contributed by atoms with Crippen LogP contribution in [0.15, 0.2) is 28.8 Å². The van der Waals surface area contributed by atoms with Gasteiger partial charge in [0.2, 0.25) is 11.7 Å². The largest absolute Gasteiger partial charge is 0.339 e. The Morgan fingerprint density at radius 1 is 1.35 bits per heavy atom. The zero-order valence-corrected chi connectivity index (χ0v) is 12.6. The van der Waals surface area contributed by atoms with Crippen molar-refractivity contribution in [3.8, 4) is 11.4 Å². The molecule has 0 bridgehead atoms. The lowest BCUT2D eigenvalue weighted by Crippen LogP contribution is -2.09. The Hall–Kier alpha value is -1.10. The van der Waals surface area contributed by atoms with Gasteiger partial charge in [-0.2, -0.15) is 4.98 Å². The van der Waals surface area contributed by atoms with Gasteiger partial charge < -0.3 is 9.84 Å². The van der Waals surface area contributed by atoms with Gasteiger partial charge in [-0.1, -0.05) is 28.9 Å². The van der Waals surface area contributed by atoms with Crippen molar-refractivity contribution in [3.63, 3.8) is 0 Å². The summed E-state index contributed by atoms with van der Waals surface area (Å²) in [5.74, 6) is 2.00. The number of hydrogen-bond acceptors (Lipinski definition) is 4. The van der Waals surface area contributed by atoms with E-state index in [0.717, 1.165) is 37.4 Å². The number of halogens is 2. The van der Waals surface area contributed by atoms with E-state index in [1.807, 2.05) is 24.3 Å². The van der Waals surface area contributed by atoms with E-state index in [1.165, 1.54) is 6.42 Å². The molecular formula is C14H17Cl2N3O. The minimum atomic E-state index is 0. The van der Waals surface area contributed by atoms with Crippen LogP contribution in [-0.2, 0) is 6.42 Å². The summed E-state index contributed by atoms with van der Waals surface area (Å²) in [4.78, 5) is 4.42. The maximum absolute atomic E-state index is 6.12. The Kier molecular flexibility index (Phi) is 5.40. The van der Waals surface area contributed by atoms with Crippen molar-refractivity contribution < 1.29 is 4.52 Å². The van der Waals surface area contributed by atoms with Gasteiger partial charge in [-0.3, -0.25) is 0 Å². The van der Waals surface area contributed by atoms with Crippen LogP contribution in [0.5, 0.6) is 0 Å². The van der Waals surface area contributed by atoms with Crippen LogP contribution in [0.2, 0.25) is 5.02 Å². The summed E-state index contributed by atoms with van der Waals surface area (Å²) in [6.07, 6.45) is 3.17. The zero-order chi connectivity index (χ0) is 13.1. The highest BCUT2D eigenvalue weighted by Gasteiger charge is 2.16. The average Bonchev–Trinajstić information content (AvgIpc) is 3.08. The van der Waals surface area contributed by atoms with Gasteiger partial charge in [-0.15, -0.1) is 12.4 Å². The van der Waals surface area contributed by atoms with Crippen LogP contribution >= 0.6 is 24.0 Å². The third-order valence-corrected chi connectivity index (χ3v) is 3.84. The van der Waals surface area contributed by atoms with Crippen LogP contribution in [0, 0.1) is 5.92 Å². The summed E-state index contributed by atoms with van der Waals surface area (Å²) >= 11 is 6.12. The first-order chi connectivity index (χ1) is 9.33. The molecule has 108 valence electrons. The van der Waals surface area contributed by atoms with Gasteiger partial charge in [0, 0.05) is 12.0 Å². The van der Waals surface area contributed by atoms with Gasteiger partial charge in [0.1, 0.15) is 0 Å². The zero-order valence-electron chi connectivity index (χ0n) is 11.0. The van der Waals surface area contributed by atoms with E-state index >= 15 is 0 Å². The molecule has 1 N–H and O–H groups in total. The van der Waals surface area contributed by atoms with Crippen LogP contribution < -0.4 is 5.32 Å². The Morgan fingerprint density at radius 2 is 2.20 bits per heavy atom. The smallest absolute Gasteiger partial charge is 0.226 e. The topological polar surface area (TPSA) is 51.0 Å². The average molecular weight is 314 g/mol. The number of nitrogens with one attached hydrogen (secondary N) is 1. The maximum Gasteiger partial charge on any atom is 0.226 e. The molecule has 0 radical (unpaired) electrons. The van der Waals surface area contributed by atoms with Crippen LogP contribution in [-0.4, -0.2) is 23.2 Å². The Balaban J connectivity index is 0.00000147. The SMILES string of the molecule is Cl.Clc1ccccc1-c1noc(CCC2CCNC2)n1. The third kappa shape index (κ3) is 3.51. The molecule has 1 aromatic carbocycles. The number of aromatic nitrogens is 2. The molecule has 20 heavy (non-hydrogen) atoms. The van der Waals surface area contributed by atoms with E-state index < -0.39 is 0 Å². The van der Waals surface area contributed by atoms with Crippen LogP contribution in [0.1, 0.15) is 18.7 Å². The first-order valence-electron chi connectivity index (χ1n) is 6.61. The number of hydrogen-bond donors (Lipinski definition) is 1. The molecule has 1 aromatic heterocycles. The molecular weight excluding hydrogens is 297 g/mol. The second kappa shape index (κ2) is 7.07. The summed E-state index contributed by atoms with van der Waals surface area (Å²) < 4.78 is 5.29. The fourth-order valence-corrected chi connectivity index (χ4v) is 2.62. The molecule has 1 atom stereocenters. The minimum Gasteiger partial charge on any atom is -0.339 e. The molecule has 2 aromatic rings. The first kappa shape index (κ1) is 15.3. The molecule has 4 nitrogen and oxygen atoms in total. The van der Waals surface area contributed by atoms with Crippen molar-refractivity contribution in [1.82, 2.24) is 15.5 Å². The van der Waals surface area contributed by atoms with Gasteiger partial charge in [-0.05, 0) is 44.0 Å². The molecule has 1 aliphatic heterocycles. The highest BCUT2D eigenvalue weighted by Crippen LogP contribution is 2.25. The molecule has 1 fully saturated rings. The van der Waals surface area contributed by atoms with E-state index in [-0.39, 0.29) is 12.4 Å². The number of nitrogens with zero attached hydrogens (tertiary/aromatic N) is 2. The van der Waals surface area contributed by atoms with E-state index in [4.69, 9.17) is 16.1 Å². The molecule has 1 saturated heterocycles. The van der Waals surface area contributed by atoms with Crippen molar-refractivity contribution >= 4 is 24.0 Å². The number of rotatable bonds is 4. The molecule has 2 heterocycles. The molecule has 0 saturated carbocycles. The summed E-state index contributed by atoms with van der Waals surface area (Å²) in [6.45, 7) is 2.23. The van der Waals surface area contributed by atoms with Crippen LogP contribution in [0.3, 0.4) is 0 Å². The number of benzene rings is 1. The standard InChI is InChI=1S/C14H16ClN3O.ClH/c15-12-4-2-1-3-11(12)14-17-13(19-18-14)6-5-10-7-8-16-9-10;/h1-4,10,16H,5-9H2;1H. The number of aryl methyl sites for hydroxylation is 1. The van der Waals surface area contributed by atoms with Crippen molar-refractivity contribution in [2.75, 3.05) is 13.1 Å². The normalized spacial score (nSPS) is 17.9. The molecule has 6 heteroatoms. The van der Waals surface area contributed by atoms with Gasteiger partial charge in [0.15, 0.2) is 0 Å². The monoisotopic (exact) mass is 313 g/mol. The highest BCUT2D eigenvalue weighted by molar-refractivity contribution is 6.33. The molecule has 1 unspecified atom stereocenters. The van der Waals surface area contributed by atoms with Crippen molar-refractivity contribution in [1.29, 1.82) is 0 Å². The Labute approximate surface area is 129 Å². The molecule has 3 rings (SSSR count). The lowest BCUT2D eigenvalue weighted by Gasteiger charge is -2.03. The lowest BCUT2D eigenvalue weighted by molar-refractivity contribution is 0.365. The Bertz CT molecular complexity index is 553.